The van der Waals surface area contributed by atoms with E-state index in [9.17, 15) is 13.6 Å². The molecule has 0 unspecified atom stereocenters. The molecule has 1 N–H and O–H groups in total. The maximum absolute atomic E-state index is 12.9. The number of hydrogen-bond acceptors (Lipinski definition) is 5. The van der Waals surface area contributed by atoms with Crippen molar-refractivity contribution in [2.45, 2.75) is 24.0 Å². The summed E-state index contributed by atoms with van der Waals surface area (Å²) in [5.41, 5.74) is 2.61. The van der Waals surface area contributed by atoms with Crippen molar-refractivity contribution >= 4 is 28.7 Å². The standard InChI is InChI=1S/C23H27F2N5OS/c24-22(25)32-23-27-19-8-4-5-9-20(19)30(23)17-21(31)26-10-11-28-12-14-29(15-13-28)16-18-6-2-1-3-7-18/h1-9,22H,10-17H2,(H,26,31). The molecule has 0 bridgehead atoms. The molecule has 0 aliphatic carbocycles. The van der Waals surface area contributed by atoms with Crippen LogP contribution in [0.4, 0.5) is 8.78 Å². The second kappa shape index (κ2) is 10.9. The number of aromatic nitrogens is 2. The van der Waals surface area contributed by atoms with Crippen LogP contribution in [-0.4, -0.2) is 70.3 Å². The Balaban J connectivity index is 1.23. The Bertz CT molecular complexity index is 1020. The normalized spacial score (nSPS) is 15.5. The number of carbonyl (C=O) groups is 1. The molecule has 2 heterocycles. The Morgan fingerprint density at radius 1 is 1.00 bits per heavy atom. The van der Waals surface area contributed by atoms with Gasteiger partial charge < -0.3 is 9.88 Å². The van der Waals surface area contributed by atoms with Gasteiger partial charge in [0.2, 0.25) is 5.91 Å². The zero-order valence-corrected chi connectivity index (χ0v) is 18.6. The summed E-state index contributed by atoms with van der Waals surface area (Å²) in [7, 11) is 0. The van der Waals surface area contributed by atoms with E-state index in [1.165, 1.54) is 5.56 Å². The number of alkyl halides is 2. The van der Waals surface area contributed by atoms with Gasteiger partial charge in [-0.15, -0.1) is 0 Å². The molecule has 1 saturated heterocycles. The Morgan fingerprint density at radius 2 is 1.69 bits per heavy atom. The molecule has 1 aliphatic rings. The number of nitrogens with one attached hydrogen (secondary N) is 1. The maximum Gasteiger partial charge on any atom is 0.291 e. The van der Waals surface area contributed by atoms with Crippen molar-refractivity contribution in [3.63, 3.8) is 0 Å². The minimum absolute atomic E-state index is 0.0274. The fraction of sp³-hybridized carbons (Fsp3) is 0.391. The average Bonchev–Trinajstić information content (AvgIpc) is 3.12. The Labute approximate surface area is 190 Å². The van der Waals surface area contributed by atoms with Crippen molar-refractivity contribution in [1.82, 2.24) is 24.7 Å². The first-order chi connectivity index (χ1) is 15.6. The average molecular weight is 460 g/mol. The van der Waals surface area contributed by atoms with Crippen molar-refractivity contribution in [3.05, 3.63) is 60.2 Å². The minimum Gasteiger partial charge on any atom is -0.353 e. The van der Waals surface area contributed by atoms with Crippen LogP contribution >= 0.6 is 11.8 Å². The molecule has 170 valence electrons. The van der Waals surface area contributed by atoms with Gasteiger partial charge in [-0.3, -0.25) is 14.6 Å². The van der Waals surface area contributed by atoms with E-state index < -0.39 is 5.76 Å². The molecule has 1 aromatic heterocycles. The summed E-state index contributed by atoms with van der Waals surface area (Å²) in [6, 6.07) is 17.6. The van der Waals surface area contributed by atoms with Crippen molar-refractivity contribution in [2.24, 2.45) is 0 Å². The smallest absolute Gasteiger partial charge is 0.291 e. The number of rotatable bonds is 9. The van der Waals surface area contributed by atoms with Crippen molar-refractivity contribution in [3.8, 4) is 0 Å². The van der Waals surface area contributed by atoms with Crippen molar-refractivity contribution < 1.29 is 13.6 Å². The second-order valence-corrected chi connectivity index (χ2v) is 8.76. The van der Waals surface area contributed by atoms with Gasteiger partial charge in [0.15, 0.2) is 5.16 Å². The summed E-state index contributed by atoms with van der Waals surface area (Å²) in [6.45, 7) is 6.16. The van der Waals surface area contributed by atoms with Crippen molar-refractivity contribution in [1.29, 1.82) is 0 Å². The lowest BCUT2D eigenvalue weighted by Gasteiger charge is -2.34. The van der Waals surface area contributed by atoms with Gasteiger partial charge in [0.05, 0.1) is 11.0 Å². The van der Waals surface area contributed by atoms with E-state index in [0.29, 0.717) is 29.3 Å². The SMILES string of the molecule is O=C(Cn1c(SC(F)F)nc2ccccc21)NCCN1CCN(Cc2ccccc2)CC1. The minimum atomic E-state index is -2.59. The van der Waals surface area contributed by atoms with Gasteiger partial charge >= 0.3 is 0 Å². The summed E-state index contributed by atoms with van der Waals surface area (Å²) < 4.78 is 27.4. The third-order valence-electron chi connectivity index (χ3n) is 5.58. The predicted molar refractivity (Wildman–Crippen MR) is 123 cm³/mol. The number of imidazole rings is 1. The number of amides is 1. The van der Waals surface area contributed by atoms with Crippen LogP contribution in [-0.2, 0) is 17.9 Å². The number of fused-ring (bicyclic) bond motifs is 1. The van der Waals surface area contributed by atoms with E-state index in [1.807, 2.05) is 12.1 Å². The first-order valence-corrected chi connectivity index (χ1v) is 11.6. The third kappa shape index (κ3) is 6.05. The molecule has 0 saturated carbocycles. The van der Waals surface area contributed by atoms with E-state index >= 15 is 0 Å². The van der Waals surface area contributed by atoms with E-state index in [-0.39, 0.29) is 17.6 Å². The van der Waals surface area contributed by atoms with Crippen LogP contribution in [0.15, 0.2) is 59.8 Å². The molecule has 4 rings (SSSR count). The molecule has 0 spiro atoms. The fourth-order valence-corrected chi connectivity index (χ4v) is 4.54. The van der Waals surface area contributed by atoms with Crippen molar-refractivity contribution in [2.75, 3.05) is 39.3 Å². The van der Waals surface area contributed by atoms with Crippen LogP contribution in [0.2, 0.25) is 0 Å². The molecule has 1 amide bonds. The quantitative estimate of drug-likeness (QED) is 0.498. The fourth-order valence-electron chi connectivity index (χ4n) is 3.94. The summed E-state index contributed by atoms with van der Waals surface area (Å²) in [5.74, 6) is -2.79. The Morgan fingerprint density at radius 3 is 2.44 bits per heavy atom. The third-order valence-corrected chi connectivity index (χ3v) is 6.28. The van der Waals surface area contributed by atoms with Crippen LogP contribution in [0.1, 0.15) is 5.56 Å². The van der Waals surface area contributed by atoms with E-state index in [1.54, 1.807) is 22.8 Å². The molecule has 9 heteroatoms. The molecule has 32 heavy (non-hydrogen) atoms. The number of piperazine rings is 1. The van der Waals surface area contributed by atoms with Crippen LogP contribution in [0.25, 0.3) is 11.0 Å². The number of nitrogens with zero attached hydrogens (tertiary/aromatic N) is 4. The van der Waals surface area contributed by atoms with E-state index in [0.717, 1.165) is 39.3 Å². The van der Waals surface area contributed by atoms with Crippen LogP contribution in [0.3, 0.4) is 0 Å². The number of hydrogen-bond donors (Lipinski definition) is 1. The first-order valence-electron chi connectivity index (χ1n) is 10.7. The molecule has 1 aliphatic heterocycles. The molecule has 0 atom stereocenters. The lowest BCUT2D eigenvalue weighted by molar-refractivity contribution is -0.121. The molecule has 1 fully saturated rings. The lowest BCUT2D eigenvalue weighted by atomic mass is 10.2. The van der Waals surface area contributed by atoms with Crippen LogP contribution < -0.4 is 5.32 Å². The molecule has 3 aromatic rings. The zero-order chi connectivity index (χ0) is 22.3. The highest BCUT2D eigenvalue weighted by Crippen LogP contribution is 2.28. The highest BCUT2D eigenvalue weighted by atomic mass is 32.2. The Kier molecular flexibility index (Phi) is 7.72. The van der Waals surface area contributed by atoms with Crippen LogP contribution in [0.5, 0.6) is 0 Å². The van der Waals surface area contributed by atoms with Crippen LogP contribution in [0, 0.1) is 0 Å². The largest absolute Gasteiger partial charge is 0.353 e. The monoisotopic (exact) mass is 459 g/mol. The Hall–Kier alpha value is -2.49. The summed E-state index contributed by atoms with van der Waals surface area (Å²) in [5, 5.41) is 3.08. The number of benzene rings is 2. The lowest BCUT2D eigenvalue weighted by Crippen LogP contribution is -2.48. The van der Waals surface area contributed by atoms with Gasteiger partial charge in [-0.25, -0.2) is 4.98 Å². The maximum atomic E-state index is 12.9. The number of para-hydroxylation sites is 2. The molecule has 2 aromatic carbocycles. The van der Waals surface area contributed by atoms with Gasteiger partial charge in [-0.05, 0) is 29.5 Å². The highest BCUT2D eigenvalue weighted by molar-refractivity contribution is 7.99. The molecule has 0 radical (unpaired) electrons. The van der Waals surface area contributed by atoms with Gasteiger partial charge in [0.1, 0.15) is 6.54 Å². The number of thioether (sulfide) groups is 1. The van der Waals surface area contributed by atoms with Gasteiger partial charge in [0.25, 0.3) is 5.76 Å². The predicted octanol–water partition coefficient (Wildman–Crippen LogP) is 3.29. The van der Waals surface area contributed by atoms with Gasteiger partial charge in [-0.2, -0.15) is 8.78 Å². The van der Waals surface area contributed by atoms with E-state index in [2.05, 4.69) is 44.4 Å². The number of halogens is 2. The topological polar surface area (TPSA) is 53.4 Å². The molecular weight excluding hydrogens is 432 g/mol. The second-order valence-electron chi connectivity index (χ2n) is 7.80. The first kappa shape index (κ1) is 22.7. The van der Waals surface area contributed by atoms with Gasteiger partial charge in [-0.1, -0.05) is 42.5 Å². The summed E-state index contributed by atoms with van der Waals surface area (Å²) in [6.07, 6.45) is 0. The van der Waals surface area contributed by atoms with E-state index in [4.69, 9.17) is 0 Å². The van der Waals surface area contributed by atoms with Gasteiger partial charge in [0, 0.05) is 45.8 Å². The molecular formula is C23H27F2N5OS. The molecule has 6 nitrogen and oxygen atoms in total. The highest BCUT2D eigenvalue weighted by Gasteiger charge is 2.19. The number of carbonyl (C=O) groups excluding carboxylic acids is 1. The summed E-state index contributed by atoms with van der Waals surface area (Å²) >= 11 is 0.366. The summed E-state index contributed by atoms with van der Waals surface area (Å²) in [4.78, 5) is 21.5. The zero-order valence-electron chi connectivity index (χ0n) is 17.8.